The molecule has 3 unspecified atom stereocenters. The fourth-order valence-electron chi connectivity index (χ4n) is 9.40. The van der Waals surface area contributed by atoms with Gasteiger partial charge in [-0.2, -0.15) is 0 Å². The lowest BCUT2D eigenvalue weighted by Crippen LogP contribution is -2.61. The Kier molecular flexibility index (Phi) is 10.1. The molecule has 266 valence electrons. The predicted molar refractivity (Wildman–Crippen MR) is 200 cm³/mol. The maximum Gasteiger partial charge on any atom is 0.315 e. The van der Waals surface area contributed by atoms with E-state index in [1.807, 2.05) is 42.5 Å². The normalized spacial score (nSPS) is 28.0. The van der Waals surface area contributed by atoms with Crippen molar-refractivity contribution in [3.8, 4) is 16.9 Å². The van der Waals surface area contributed by atoms with E-state index in [9.17, 15) is 9.90 Å². The van der Waals surface area contributed by atoms with E-state index >= 15 is 0 Å². The van der Waals surface area contributed by atoms with E-state index in [2.05, 4.69) is 65.2 Å². The Labute approximate surface area is 305 Å². The minimum Gasteiger partial charge on any atom is -0.496 e. The highest BCUT2D eigenvalue weighted by atomic mass is 32.2. The van der Waals surface area contributed by atoms with Gasteiger partial charge in [0, 0.05) is 34.7 Å². The lowest BCUT2D eigenvalue weighted by molar-refractivity contribution is -0.245. The van der Waals surface area contributed by atoms with E-state index in [4.69, 9.17) is 14.2 Å². The first-order chi connectivity index (χ1) is 24.9. The van der Waals surface area contributed by atoms with Crippen molar-refractivity contribution in [3.05, 3.63) is 119 Å². The number of aliphatic hydroxyl groups excluding tert-OH is 1. The molecule has 4 aromatic rings. The molecule has 5 fully saturated rings. The van der Waals surface area contributed by atoms with E-state index in [-0.39, 0.29) is 30.4 Å². The van der Waals surface area contributed by atoms with Gasteiger partial charge in [-0.05, 0) is 108 Å². The Morgan fingerprint density at radius 2 is 1.51 bits per heavy atom. The highest BCUT2D eigenvalue weighted by molar-refractivity contribution is 7.99. The molecule has 2 amide bonds. The van der Waals surface area contributed by atoms with Crippen LogP contribution in [0.3, 0.4) is 0 Å². The monoisotopic (exact) mass is 704 g/mol. The van der Waals surface area contributed by atoms with E-state index < -0.39 is 6.29 Å². The Hall–Kier alpha value is -3.82. The number of aliphatic hydroxyl groups is 1. The lowest BCUT2D eigenvalue weighted by Gasteiger charge is -2.56. The highest BCUT2D eigenvalue weighted by Gasteiger charge is 2.51. The second-order valence-electron chi connectivity index (χ2n) is 15.1. The molecule has 3 N–H and O–H groups in total. The largest absolute Gasteiger partial charge is 0.496 e. The lowest BCUT2D eigenvalue weighted by atomic mass is 9.53. The standard InChI is InChI=1S/C43H48N2O5S/c1-48-38-10-2-3-11-40(38)51-27-37-21-39(33-14-12-28(26-46)13-15-33)50-41(49-37)36-9-5-8-35(20-36)34-7-4-6-29(19-34)25-44-42(47)45-43-22-30-16-31(23-43)18-32(17-30)24-43/h2-15,19-20,30-32,37,39,41,46H,16-18,21-27H2,1H3,(H2,44,45,47). The summed E-state index contributed by atoms with van der Waals surface area (Å²) in [5.74, 6) is 3.98. The number of thioether (sulfide) groups is 1. The zero-order valence-corrected chi connectivity index (χ0v) is 30.1. The average Bonchev–Trinajstić information content (AvgIpc) is 3.16. The molecule has 0 radical (unpaired) electrons. The van der Waals surface area contributed by atoms with Crippen LogP contribution in [0.25, 0.3) is 11.1 Å². The van der Waals surface area contributed by atoms with Gasteiger partial charge in [-0.15, -0.1) is 11.8 Å². The minimum absolute atomic E-state index is 0.00161. The van der Waals surface area contributed by atoms with Gasteiger partial charge in [-0.25, -0.2) is 4.79 Å². The predicted octanol–water partition coefficient (Wildman–Crippen LogP) is 8.96. The SMILES string of the molecule is COc1ccccc1SCC1CC(c2ccc(CO)cc2)OC(c2cccc(-c3cccc(CNC(=O)NC45CC6CC(CC(C6)C4)C5)c3)c2)O1. The summed E-state index contributed by atoms with van der Waals surface area (Å²) in [6.45, 7) is 0.484. The van der Waals surface area contributed by atoms with Crippen LogP contribution in [0.5, 0.6) is 5.75 Å². The molecule has 4 bridgehead atoms. The van der Waals surface area contributed by atoms with Gasteiger partial charge in [0.25, 0.3) is 0 Å². The molecule has 9 rings (SSSR count). The summed E-state index contributed by atoms with van der Waals surface area (Å²) in [6, 6.07) is 32.8. The van der Waals surface area contributed by atoms with Crippen molar-refractivity contribution in [3.63, 3.8) is 0 Å². The first-order valence-electron chi connectivity index (χ1n) is 18.5. The van der Waals surface area contributed by atoms with Crippen LogP contribution in [0, 0.1) is 17.8 Å². The van der Waals surface area contributed by atoms with Gasteiger partial charge in [0.15, 0.2) is 6.29 Å². The van der Waals surface area contributed by atoms with Gasteiger partial charge < -0.3 is 30.0 Å². The number of rotatable bonds is 11. The molecule has 8 heteroatoms. The minimum atomic E-state index is -0.553. The topological polar surface area (TPSA) is 89.0 Å². The second-order valence-corrected chi connectivity index (χ2v) is 16.2. The Morgan fingerprint density at radius 3 is 2.24 bits per heavy atom. The van der Waals surface area contributed by atoms with Gasteiger partial charge in [0.05, 0.1) is 25.9 Å². The van der Waals surface area contributed by atoms with Gasteiger partial charge in [-0.1, -0.05) is 72.8 Å². The van der Waals surface area contributed by atoms with Crippen molar-refractivity contribution < 1.29 is 24.1 Å². The zero-order chi connectivity index (χ0) is 34.8. The number of nitrogens with one attached hydrogen (secondary N) is 2. The number of ether oxygens (including phenoxy) is 3. The van der Waals surface area contributed by atoms with E-state index in [0.717, 1.165) is 86.8 Å². The van der Waals surface area contributed by atoms with E-state index in [1.54, 1.807) is 18.9 Å². The van der Waals surface area contributed by atoms with Crippen molar-refractivity contribution in [2.75, 3.05) is 12.9 Å². The summed E-state index contributed by atoms with van der Waals surface area (Å²) < 4.78 is 18.9. The Balaban J connectivity index is 0.957. The highest BCUT2D eigenvalue weighted by Crippen LogP contribution is 2.55. The molecule has 4 aliphatic carbocycles. The Bertz CT molecular complexity index is 1790. The molecular weight excluding hydrogens is 657 g/mol. The molecule has 4 aromatic carbocycles. The van der Waals surface area contributed by atoms with Crippen LogP contribution in [-0.4, -0.2) is 35.6 Å². The van der Waals surface area contributed by atoms with Gasteiger partial charge >= 0.3 is 6.03 Å². The summed E-state index contributed by atoms with van der Waals surface area (Å²) in [7, 11) is 1.70. The quantitative estimate of drug-likeness (QED) is 0.135. The summed E-state index contributed by atoms with van der Waals surface area (Å²) in [5.41, 5.74) is 6.09. The van der Waals surface area contributed by atoms with Crippen LogP contribution < -0.4 is 15.4 Å². The molecule has 51 heavy (non-hydrogen) atoms. The van der Waals surface area contributed by atoms with E-state index in [0.29, 0.717) is 13.0 Å². The fourth-order valence-corrected chi connectivity index (χ4v) is 10.4. The average molecular weight is 705 g/mol. The molecule has 3 atom stereocenters. The van der Waals surface area contributed by atoms with Crippen molar-refractivity contribution in [2.45, 2.75) is 87.0 Å². The molecule has 7 nitrogen and oxygen atoms in total. The Morgan fingerprint density at radius 1 is 0.804 bits per heavy atom. The second kappa shape index (κ2) is 15.0. The number of hydrogen-bond donors (Lipinski definition) is 3. The first-order valence-corrected chi connectivity index (χ1v) is 19.4. The fraction of sp³-hybridized carbons (Fsp3) is 0.419. The molecule has 4 saturated carbocycles. The summed E-state index contributed by atoms with van der Waals surface area (Å²) in [4.78, 5) is 14.2. The van der Waals surface area contributed by atoms with Gasteiger partial charge in [0.2, 0.25) is 0 Å². The number of hydrogen-bond acceptors (Lipinski definition) is 6. The van der Waals surface area contributed by atoms with Crippen LogP contribution in [0.15, 0.2) is 102 Å². The summed E-state index contributed by atoms with van der Waals surface area (Å²) >= 11 is 1.73. The van der Waals surface area contributed by atoms with Crippen LogP contribution in [-0.2, 0) is 22.6 Å². The zero-order valence-electron chi connectivity index (χ0n) is 29.3. The molecule has 1 saturated heterocycles. The number of benzene rings is 4. The number of carbonyl (C=O) groups excluding carboxylic acids is 1. The number of methoxy groups -OCH3 is 1. The molecule has 1 heterocycles. The van der Waals surface area contributed by atoms with Crippen molar-refractivity contribution in [1.82, 2.24) is 10.6 Å². The van der Waals surface area contributed by atoms with Crippen molar-refractivity contribution in [2.24, 2.45) is 17.8 Å². The molecule has 1 aliphatic heterocycles. The van der Waals surface area contributed by atoms with Crippen LogP contribution in [0.1, 0.15) is 79.6 Å². The maximum absolute atomic E-state index is 13.2. The molecule has 5 aliphatic rings. The number of para-hydroxylation sites is 1. The molecular formula is C43H48N2O5S. The van der Waals surface area contributed by atoms with Crippen LogP contribution >= 0.6 is 11.8 Å². The first kappa shape index (κ1) is 34.3. The smallest absolute Gasteiger partial charge is 0.315 e. The third-order valence-electron chi connectivity index (χ3n) is 11.4. The van der Waals surface area contributed by atoms with Crippen LogP contribution in [0.4, 0.5) is 4.79 Å². The molecule has 0 aromatic heterocycles. The summed E-state index contributed by atoms with van der Waals surface area (Å²) in [6.07, 6.45) is 7.44. The number of amides is 2. The molecule has 0 spiro atoms. The van der Waals surface area contributed by atoms with Crippen LogP contribution in [0.2, 0.25) is 0 Å². The number of urea groups is 1. The summed E-state index contributed by atoms with van der Waals surface area (Å²) in [5, 5.41) is 16.2. The van der Waals surface area contributed by atoms with Gasteiger partial charge in [0.1, 0.15) is 5.75 Å². The maximum atomic E-state index is 13.2. The third-order valence-corrected chi connectivity index (χ3v) is 12.6. The van der Waals surface area contributed by atoms with Gasteiger partial charge in [-0.3, -0.25) is 0 Å². The van der Waals surface area contributed by atoms with Crippen molar-refractivity contribution in [1.29, 1.82) is 0 Å². The van der Waals surface area contributed by atoms with Crippen molar-refractivity contribution >= 4 is 17.8 Å². The number of carbonyl (C=O) groups is 1. The third kappa shape index (κ3) is 7.85. The van der Waals surface area contributed by atoms with E-state index in [1.165, 1.54) is 19.3 Å².